The van der Waals surface area contributed by atoms with Gasteiger partial charge < -0.3 is 14.5 Å². The molecule has 0 aromatic carbocycles. The fourth-order valence-corrected chi connectivity index (χ4v) is 3.91. The minimum Gasteiger partial charge on any atom is -0.463 e. The number of rotatable bonds is 5. The number of carbonyl (C=O) groups excluding carboxylic acids is 3. The molecule has 136 valence electrons. The van der Waals surface area contributed by atoms with Gasteiger partial charge in [0.15, 0.2) is 0 Å². The highest BCUT2D eigenvalue weighted by Gasteiger charge is 2.29. The molecule has 2 aromatic rings. The van der Waals surface area contributed by atoms with Gasteiger partial charge in [-0.25, -0.2) is 10.2 Å². The predicted octanol–water partition coefficient (Wildman–Crippen LogP) is 2.10. The highest BCUT2D eigenvalue weighted by molar-refractivity contribution is 7.17. The van der Waals surface area contributed by atoms with Crippen LogP contribution in [0.15, 0.2) is 27.9 Å². The lowest BCUT2D eigenvalue weighted by Gasteiger charge is -2.07. The molecule has 0 aliphatic heterocycles. The number of ether oxygens (including phenoxy) is 1. The van der Waals surface area contributed by atoms with Crippen LogP contribution >= 0.6 is 11.3 Å². The number of hydrazone groups is 1. The second kappa shape index (κ2) is 7.96. The molecule has 2 aromatic heterocycles. The molecule has 0 saturated heterocycles. The first-order valence-corrected chi connectivity index (χ1v) is 8.91. The van der Waals surface area contributed by atoms with Gasteiger partial charge in [-0.3, -0.25) is 9.59 Å². The molecule has 8 nitrogen and oxygen atoms in total. The molecule has 2 amide bonds. The lowest BCUT2D eigenvalue weighted by Crippen LogP contribution is -2.32. The van der Waals surface area contributed by atoms with Crippen molar-refractivity contribution in [3.8, 4) is 0 Å². The van der Waals surface area contributed by atoms with Crippen molar-refractivity contribution >= 4 is 40.3 Å². The Bertz CT molecular complexity index is 854. The highest BCUT2D eigenvalue weighted by Crippen LogP contribution is 2.39. The van der Waals surface area contributed by atoms with Crippen LogP contribution in [0.2, 0.25) is 0 Å². The highest BCUT2D eigenvalue weighted by atomic mass is 32.1. The Balaban J connectivity index is 1.69. The Labute approximate surface area is 153 Å². The third-order valence-corrected chi connectivity index (χ3v) is 4.94. The van der Waals surface area contributed by atoms with Crippen LogP contribution < -0.4 is 10.7 Å². The number of esters is 1. The largest absolute Gasteiger partial charge is 0.463 e. The molecular formula is C17H17N3O5S. The van der Waals surface area contributed by atoms with E-state index in [0.29, 0.717) is 16.3 Å². The Morgan fingerprint density at radius 2 is 2.19 bits per heavy atom. The van der Waals surface area contributed by atoms with Crippen molar-refractivity contribution in [1.29, 1.82) is 0 Å². The average molecular weight is 375 g/mol. The van der Waals surface area contributed by atoms with Crippen LogP contribution in [0.25, 0.3) is 0 Å². The number of furan rings is 1. The summed E-state index contributed by atoms with van der Waals surface area (Å²) in [4.78, 5) is 37.3. The molecule has 0 saturated carbocycles. The number of carbonyl (C=O) groups is 3. The van der Waals surface area contributed by atoms with E-state index in [2.05, 4.69) is 15.8 Å². The van der Waals surface area contributed by atoms with Crippen LogP contribution in [0, 0.1) is 0 Å². The zero-order valence-corrected chi connectivity index (χ0v) is 14.9. The Morgan fingerprint density at radius 1 is 1.35 bits per heavy atom. The van der Waals surface area contributed by atoms with Crippen LogP contribution in [0.5, 0.6) is 0 Å². The third-order valence-electron chi connectivity index (χ3n) is 3.74. The molecule has 2 heterocycles. The SMILES string of the molecule is CCOC(=O)c1c(NC(=O)C(=O)N/N=C/c2ccco2)sc2c1CCC2. The minimum absolute atomic E-state index is 0.235. The van der Waals surface area contributed by atoms with Crippen molar-refractivity contribution in [3.63, 3.8) is 0 Å². The van der Waals surface area contributed by atoms with E-state index in [0.717, 1.165) is 29.7 Å². The lowest BCUT2D eigenvalue weighted by molar-refractivity contribution is -0.136. The molecule has 0 spiro atoms. The van der Waals surface area contributed by atoms with Crippen LogP contribution in [0.1, 0.15) is 39.9 Å². The molecule has 0 bridgehead atoms. The van der Waals surface area contributed by atoms with Crippen molar-refractivity contribution in [1.82, 2.24) is 5.43 Å². The summed E-state index contributed by atoms with van der Waals surface area (Å²) in [6.45, 7) is 1.95. The summed E-state index contributed by atoms with van der Waals surface area (Å²) < 4.78 is 10.1. The van der Waals surface area contributed by atoms with Gasteiger partial charge in [-0.1, -0.05) is 0 Å². The van der Waals surface area contributed by atoms with Crippen LogP contribution in [-0.4, -0.2) is 30.6 Å². The number of hydrogen-bond acceptors (Lipinski definition) is 7. The second-order valence-corrected chi connectivity index (χ2v) is 6.56. The Morgan fingerprint density at radius 3 is 2.92 bits per heavy atom. The van der Waals surface area contributed by atoms with Gasteiger partial charge in [0.2, 0.25) is 0 Å². The van der Waals surface area contributed by atoms with E-state index in [1.54, 1.807) is 19.1 Å². The van der Waals surface area contributed by atoms with E-state index >= 15 is 0 Å². The number of aryl methyl sites for hydroxylation is 1. The quantitative estimate of drug-likeness (QED) is 0.360. The number of anilines is 1. The average Bonchev–Trinajstić information content (AvgIpc) is 3.32. The molecule has 3 rings (SSSR count). The van der Waals surface area contributed by atoms with Gasteiger partial charge in [0.1, 0.15) is 10.8 Å². The van der Waals surface area contributed by atoms with Gasteiger partial charge in [0, 0.05) is 4.88 Å². The van der Waals surface area contributed by atoms with Crippen LogP contribution in [-0.2, 0) is 27.2 Å². The Hall–Kier alpha value is -2.94. The maximum absolute atomic E-state index is 12.2. The molecule has 0 radical (unpaired) electrons. The molecule has 2 N–H and O–H groups in total. The first kappa shape index (κ1) is 17.9. The summed E-state index contributed by atoms with van der Waals surface area (Å²) in [7, 11) is 0. The summed E-state index contributed by atoms with van der Waals surface area (Å²) in [5.74, 6) is -1.91. The third kappa shape index (κ3) is 3.83. The summed E-state index contributed by atoms with van der Waals surface area (Å²) >= 11 is 1.30. The maximum atomic E-state index is 12.2. The smallest absolute Gasteiger partial charge is 0.341 e. The minimum atomic E-state index is -0.948. The number of hydrogen-bond donors (Lipinski definition) is 2. The monoisotopic (exact) mass is 375 g/mol. The van der Waals surface area contributed by atoms with Crippen molar-refractivity contribution in [2.75, 3.05) is 11.9 Å². The van der Waals surface area contributed by atoms with Gasteiger partial charge in [0.25, 0.3) is 0 Å². The topological polar surface area (TPSA) is 110 Å². The Kier molecular flexibility index (Phi) is 5.47. The summed E-state index contributed by atoms with van der Waals surface area (Å²) in [5.41, 5.74) is 3.37. The number of nitrogens with one attached hydrogen (secondary N) is 2. The van der Waals surface area contributed by atoms with Crippen LogP contribution in [0.4, 0.5) is 5.00 Å². The fourth-order valence-electron chi connectivity index (χ4n) is 2.64. The van der Waals surface area contributed by atoms with Gasteiger partial charge in [-0.15, -0.1) is 11.3 Å². The number of nitrogens with zero attached hydrogens (tertiary/aromatic N) is 1. The number of fused-ring (bicyclic) bond motifs is 1. The van der Waals surface area contributed by atoms with Crippen molar-refractivity contribution in [2.45, 2.75) is 26.2 Å². The van der Waals surface area contributed by atoms with Crippen LogP contribution in [0.3, 0.4) is 0 Å². The lowest BCUT2D eigenvalue weighted by atomic mass is 10.1. The van der Waals surface area contributed by atoms with E-state index in [1.807, 2.05) is 0 Å². The standard InChI is InChI=1S/C17H17N3O5S/c1-2-24-17(23)13-11-6-3-7-12(11)26-16(13)19-14(21)15(22)20-18-9-10-5-4-8-25-10/h4-5,8-9H,2-3,6-7H2,1H3,(H,19,21)(H,20,22)/b18-9+. The molecular weight excluding hydrogens is 358 g/mol. The molecule has 0 fully saturated rings. The van der Waals surface area contributed by atoms with Crippen molar-refractivity contribution in [2.24, 2.45) is 5.10 Å². The first-order valence-electron chi connectivity index (χ1n) is 8.09. The summed E-state index contributed by atoms with van der Waals surface area (Å²) in [6, 6.07) is 3.32. The number of amides is 2. The second-order valence-electron chi connectivity index (χ2n) is 5.45. The molecule has 9 heteroatoms. The molecule has 1 aliphatic carbocycles. The normalized spacial score (nSPS) is 12.8. The van der Waals surface area contributed by atoms with Crippen molar-refractivity contribution in [3.05, 3.63) is 40.2 Å². The van der Waals surface area contributed by atoms with Gasteiger partial charge in [0.05, 0.1) is 24.6 Å². The van der Waals surface area contributed by atoms with Gasteiger partial charge >= 0.3 is 17.8 Å². The predicted molar refractivity (Wildman–Crippen MR) is 95.4 cm³/mol. The van der Waals surface area contributed by atoms with E-state index in [9.17, 15) is 14.4 Å². The molecule has 0 atom stereocenters. The zero-order valence-electron chi connectivity index (χ0n) is 14.0. The van der Waals surface area contributed by atoms with E-state index < -0.39 is 17.8 Å². The molecule has 26 heavy (non-hydrogen) atoms. The first-order chi connectivity index (χ1) is 12.6. The van der Waals surface area contributed by atoms with E-state index in [4.69, 9.17) is 9.15 Å². The number of thiophene rings is 1. The zero-order chi connectivity index (χ0) is 18.5. The van der Waals surface area contributed by atoms with Gasteiger partial charge in [-0.2, -0.15) is 5.10 Å². The van der Waals surface area contributed by atoms with Crippen molar-refractivity contribution < 1.29 is 23.5 Å². The summed E-state index contributed by atoms with van der Waals surface area (Å²) in [5, 5.41) is 6.47. The maximum Gasteiger partial charge on any atom is 0.341 e. The van der Waals surface area contributed by atoms with E-state index in [1.165, 1.54) is 23.8 Å². The van der Waals surface area contributed by atoms with E-state index in [-0.39, 0.29) is 6.61 Å². The molecule has 1 aliphatic rings. The van der Waals surface area contributed by atoms with Gasteiger partial charge in [-0.05, 0) is 43.9 Å². The fraction of sp³-hybridized carbons (Fsp3) is 0.294. The molecule has 0 unspecified atom stereocenters. The summed E-state index contributed by atoms with van der Waals surface area (Å²) in [6.07, 6.45) is 5.30.